The van der Waals surface area contributed by atoms with Crippen LogP contribution in [0.4, 0.5) is 0 Å². The molecule has 1 saturated heterocycles. The number of carbonyl (C=O) groups excluding carboxylic acids is 1. The third-order valence-electron chi connectivity index (χ3n) is 4.16. The van der Waals surface area contributed by atoms with Crippen LogP contribution in [0.25, 0.3) is 0 Å². The van der Waals surface area contributed by atoms with E-state index in [2.05, 4.69) is 17.6 Å². The molecule has 0 aromatic carbocycles. The SMILES string of the molecule is CC1CCCC(NC(=O)C2CCCCCN2)C1. The minimum Gasteiger partial charge on any atom is -0.352 e. The van der Waals surface area contributed by atoms with Gasteiger partial charge in [0.2, 0.25) is 5.91 Å². The van der Waals surface area contributed by atoms with Gasteiger partial charge in [-0.15, -0.1) is 0 Å². The molecular formula is C14H26N2O. The molecule has 0 aromatic heterocycles. The predicted molar refractivity (Wildman–Crippen MR) is 69.8 cm³/mol. The third kappa shape index (κ3) is 3.98. The molecule has 2 fully saturated rings. The van der Waals surface area contributed by atoms with Gasteiger partial charge in [0.1, 0.15) is 0 Å². The summed E-state index contributed by atoms with van der Waals surface area (Å²) in [6.45, 7) is 3.29. The van der Waals surface area contributed by atoms with Crippen LogP contribution in [0, 0.1) is 5.92 Å². The molecule has 2 rings (SSSR count). The highest BCUT2D eigenvalue weighted by Gasteiger charge is 2.24. The van der Waals surface area contributed by atoms with Crippen LogP contribution in [0.1, 0.15) is 58.3 Å². The predicted octanol–water partition coefficient (Wildman–Crippen LogP) is 2.21. The summed E-state index contributed by atoms with van der Waals surface area (Å²) in [6, 6.07) is 0.492. The van der Waals surface area contributed by atoms with Gasteiger partial charge in [-0.25, -0.2) is 0 Å². The van der Waals surface area contributed by atoms with E-state index in [4.69, 9.17) is 0 Å². The Morgan fingerprint density at radius 2 is 2.00 bits per heavy atom. The molecule has 1 aliphatic heterocycles. The van der Waals surface area contributed by atoms with Crippen LogP contribution in [0.2, 0.25) is 0 Å². The monoisotopic (exact) mass is 238 g/mol. The summed E-state index contributed by atoms with van der Waals surface area (Å²) in [5, 5.41) is 6.62. The summed E-state index contributed by atoms with van der Waals surface area (Å²) in [7, 11) is 0. The molecule has 17 heavy (non-hydrogen) atoms. The van der Waals surface area contributed by atoms with E-state index >= 15 is 0 Å². The molecule has 0 spiro atoms. The highest BCUT2D eigenvalue weighted by molar-refractivity contribution is 5.82. The smallest absolute Gasteiger partial charge is 0.237 e. The summed E-state index contributed by atoms with van der Waals surface area (Å²) in [5.41, 5.74) is 0. The highest BCUT2D eigenvalue weighted by atomic mass is 16.2. The number of nitrogens with one attached hydrogen (secondary N) is 2. The fourth-order valence-corrected chi connectivity index (χ4v) is 3.12. The van der Waals surface area contributed by atoms with Crippen molar-refractivity contribution in [3.05, 3.63) is 0 Å². The van der Waals surface area contributed by atoms with Crippen molar-refractivity contribution in [1.29, 1.82) is 0 Å². The van der Waals surface area contributed by atoms with E-state index in [0.717, 1.165) is 18.9 Å². The number of amides is 1. The molecule has 1 aliphatic carbocycles. The fraction of sp³-hybridized carbons (Fsp3) is 0.929. The van der Waals surface area contributed by atoms with Crippen LogP contribution in [0.5, 0.6) is 0 Å². The maximum Gasteiger partial charge on any atom is 0.237 e. The van der Waals surface area contributed by atoms with Gasteiger partial charge in [-0.1, -0.05) is 32.6 Å². The second kappa shape index (κ2) is 6.39. The molecule has 3 atom stereocenters. The Labute approximate surface area is 105 Å². The zero-order valence-corrected chi connectivity index (χ0v) is 11.0. The molecule has 2 N–H and O–H groups in total. The van der Waals surface area contributed by atoms with Gasteiger partial charge in [-0.3, -0.25) is 4.79 Å². The first kappa shape index (κ1) is 12.9. The quantitative estimate of drug-likeness (QED) is 0.774. The summed E-state index contributed by atoms with van der Waals surface area (Å²) in [5.74, 6) is 1.02. The molecule has 3 heteroatoms. The van der Waals surface area contributed by atoms with Crippen molar-refractivity contribution in [1.82, 2.24) is 10.6 Å². The molecule has 1 heterocycles. The number of hydrogen-bond acceptors (Lipinski definition) is 2. The first-order valence-corrected chi connectivity index (χ1v) is 7.29. The first-order valence-electron chi connectivity index (χ1n) is 7.29. The van der Waals surface area contributed by atoms with E-state index in [-0.39, 0.29) is 11.9 Å². The Morgan fingerprint density at radius 3 is 2.82 bits per heavy atom. The molecule has 0 bridgehead atoms. The van der Waals surface area contributed by atoms with Crippen LogP contribution in [0.15, 0.2) is 0 Å². The van der Waals surface area contributed by atoms with E-state index in [9.17, 15) is 4.79 Å². The average Bonchev–Trinajstić information content (AvgIpc) is 2.57. The van der Waals surface area contributed by atoms with Crippen molar-refractivity contribution >= 4 is 5.91 Å². The molecular weight excluding hydrogens is 212 g/mol. The highest BCUT2D eigenvalue weighted by Crippen LogP contribution is 2.23. The van der Waals surface area contributed by atoms with Gasteiger partial charge >= 0.3 is 0 Å². The van der Waals surface area contributed by atoms with Crippen molar-refractivity contribution in [2.45, 2.75) is 70.4 Å². The topological polar surface area (TPSA) is 41.1 Å². The lowest BCUT2D eigenvalue weighted by Crippen LogP contribution is -2.48. The molecule has 3 nitrogen and oxygen atoms in total. The standard InChI is InChI=1S/C14H26N2O/c1-11-6-5-7-12(10-11)16-14(17)13-8-3-2-4-9-15-13/h11-13,15H,2-10H2,1H3,(H,16,17). The molecule has 3 unspecified atom stereocenters. The first-order chi connectivity index (χ1) is 8.25. The Hall–Kier alpha value is -0.570. The van der Waals surface area contributed by atoms with Crippen LogP contribution in [0.3, 0.4) is 0 Å². The maximum absolute atomic E-state index is 12.2. The number of rotatable bonds is 2. The van der Waals surface area contributed by atoms with Gasteiger partial charge < -0.3 is 10.6 Å². The van der Waals surface area contributed by atoms with Crippen LogP contribution >= 0.6 is 0 Å². The van der Waals surface area contributed by atoms with E-state index in [1.165, 1.54) is 44.9 Å². The Morgan fingerprint density at radius 1 is 1.12 bits per heavy atom. The number of hydrogen-bond donors (Lipinski definition) is 2. The molecule has 1 amide bonds. The number of carbonyl (C=O) groups is 1. The zero-order valence-electron chi connectivity index (χ0n) is 11.0. The van der Waals surface area contributed by atoms with E-state index in [1.54, 1.807) is 0 Å². The van der Waals surface area contributed by atoms with Gasteiger partial charge in [0, 0.05) is 6.04 Å². The van der Waals surface area contributed by atoms with Gasteiger partial charge in [0.15, 0.2) is 0 Å². The van der Waals surface area contributed by atoms with Crippen molar-refractivity contribution in [2.24, 2.45) is 5.92 Å². The third-order valence-corrected chi connectivity index (χ3v) is 4.16. The van der Waals surface area contributed by atoms with Gasteiger partial charge in [-0.05, 0) is 38.1 Å². The summed E-state index contributed by atoms with van der Waals surface area (Å²) < 4.78 is 0. The van der Waals surface area contributed by atoms with E-state index < -0.39 is 0 Å². The van der Waals surface area contributed by atoms with Crippen molar-refractivity contribution < 1.29 is 4.79 Å². The Bertz CT molecular complexity index is 247. The molecule has 1 saturated carbocycles. The van der Waals surface area contributed by atoms with Crippen LogP contribution < -0.4 is 10.6 Å². The van der Waals surface area contributed by atoms with E-state index in [0.29, 0.717) is 6.04 Å². The molecule has 0 aromatic rings. The fourth-order valence-electron chi connectivity index (χ4n) is 3.12. The van der Waals surface area contributed by atoms with Crippen molar-refractivity contribution in [3.8, 4) is 0 Å². The normalized spacial score (nSPS) is 35.0. The lowest BCUT2D eigenvalue weighted by atomic mass is 9.87. The largest absolute Gasteiger partial charge is 0.352 e. The maximum atomic E-state index is 12.2. The van der Waals surface area contributed by atoms with Crippen LogP contribution in [-0.2, 0) is 4.79 Å². The Balaban J connectivity index is 1.78. The van der Waals surface area contributed by atoms with Gasteiger partial charge in [0.25, 0.3) is 0 Å². The Kier molecular flexibility index (Phi) is 4.84. The molecule has 0 radical (unpaired) electrons. The van der Waals surface area contributed by atoms with Crippen molar-refractivity contribution in [3.63, 3.8) is 0 Å². The average molecular weight is 238 g/mol. The zero-order chi connectivity index (χ0) is 12.1. The second-order valence-electron chi connectivity index (χ2n) is 5.83. The lowest BCUT2D eigenvalue weighted by Gasteiger charge is -2.29. The van der Waals surface area contributed by atoms with Gasteiger partial charge in [-0.2, -0.15) is 0 Å². The van der Waals surface area contributed by atoms with E-state index in [1.807, 2.05) is 0 Å². The lowest BCUT2D eigenvalue weighted by molar-refractivity contribution is -0.124. The molecule has 98 valence electrons. The minimum absolute atomic E-state index is 0.0646. The second-order valence-corrected chi connectivity index (χ2v) is 5.83. The minimum atomic E-state index is 0.0646. The summed E-state index contributed by atoms with van der Waals surface area (Å²) >= 11 is 0. The summed E-state index contributed by atoms with van der Waals surface area (Å²) in [4.78, 5) is 12.2. The summed E-state index contributed by atoms with van der Waals surface area (Å²) in [6.07, 6.45) is 9.60. The van der Waals surface area contributed by atoms with Crippen molar-refractivity contribution in [2.75, 3.05) is 6.54 Å². The van der Waals surface area contributed by atoms with Crippen LogP contribution in [-0.4, -0.2) is 24.5 Å². The van der Waals surface area contributed by atoms with Gasteiger partial charge in [0.05, 0.1) is 6.04 Å². The molecule has 2 aliphatic rings.